The minimum atomic E-state index is -0.883. The van der Waals surface area contributed by atoms with E-state index in [0.29, 0.717) is 24.7 Å². The van der Waals surface area contributed by atoms with Gasteiger partial charge in [-0.05, 0) is 32.5 Å². The smallest absolute Gasteiger partial charge is 0.329 e. The Kier molecular flexibility index (Phi) is 6.31. The zero-order valence-corrected chi connectivity index (χ0v) is 12.6. The molecule has 0 aliphatic rings. The maximum atomic E-state index is 12.0. The number of esters is 1. The molecule has 0 heterocycles. The van der Waals surface area contributed by atoms with Gasteiger partial charge >= 0.3 is 5.97 Å². The van der Waals surface area contributed by atoms with Gasteiger partial charge in [0.25, 0.3) is 0 Å². The largest absolute Gasteiger partial charge is 0.493 e. The number of carbonyl (C=O) groups excluding carboxylic acids is 1. The summed E-state index contributed by atoms with van der Waals surface area (Å²) in [5, 5.41) is 3.11. The molecule has 1 unspecified atom stereocenters. The van der Waals surface area contributed by atoms with Crippen LogP contribution in [0.4, 0.5) is 0 Å². The lowest BCUT2D eigenvalue weighted by atomic mass is 10.0. The summed E-state index contributed by atoms with van der Waals surface area (Å²) < 4.78 is 16.0. The number of hydrogen-bond acceptors (Lipinski definition) is 5. The highest BCUT2D eigenvalue weighted by Crippen LogP contribution is 2.26. The average Bonchev–Trinajstić information content (AvgIpc) is 2.46. The first-order chi connectivity index (χ1) is 9.57. The molecule has 1 N–H and O–H groups in total. The summed E-state index contributed by atoms with van der Waals surface area (Å²) in [6.07, 6.45) is 0. The third-order valence-electron chi connectivity index (χ3n) is 2.88. The molecule has 1 atom stereocenters. The van der Waals surface area contributed by atoms with Crippen molar-refractivity contribution < 1.29 is 19.0 Å². The molecule has 1 rings (SSSR count). The summed E-state index contributed by atoms with van der Waals surface area (Å²) in [5.41, 5.74) is -0.883. The van der Waals surface area contributed by atoms with Crippen molar-refractivity contribution in [1.82, 2.24) is 5.32 Å². The molecule has 0 aliphatic heterocycles. The number of rotatable bonds is 8. The second kappa shape index (κ2) is 7.75. The fraction of sp³-hybridized carbons (Fsp3) is 0.533. The molecule has 5 nitrogen and oxygen atoms in total. The van der Waals surface area contributed by atoms with Gasteiger partial charge in [-0.25, -0.2) is 4.79 Å². The maximum Gasteiger partial charge on any atom is 0.329 e. The topological polar surface area (TPSA) is 56.8 Å². The van der Waals surface area contributed by atoms with E-state index in [1.165, 1.54) is 0 Å². The number of benzene rings is 1. The first-order valence-electron chi connectivity index (χ1n) is 6.75. The second-order valence-corrected chi connectivity index (χ2v) is 4.52. The summed E-state index contributed by atoms with van der Waals surface area (Å²) in [5.74, 6) is 0.912. The predicted octanol–water partition coefficient (Wildman–Crippen LogP) is 2.01. The molecule has 0 amide bonds. The van der Waals surface area contributed by atoms with Gasteiger partial charge in [-0.1, -0.05) is 19.1 Å². The molecule has 0 saturated carbocycles. The van der Waals surface area contributed by atoms with Gasteiger partial charge in [0.05, 0.1) is 13.7 Å². The van der Waals surface area contributed by atoms with Gasteiger partial charge in [-0.3, -0.25) is 5.32 Å². The predicted molar refractivity (Wildman–Crippen MR) is 77.2 cm³/mol. The summed E-state index contributed by atoms with van der Waals surface area (Å²) in [7, 11) is 1.58. The number of ether oxygens (including phenoxy) is 3. The standard InChI is InChI=1S/C15H23NO4/c1-5-16-15(3,14(17)19-6-2)11-20-13-10-8-7-9-12(13)18-4/h7-10,16H,5-6,11H2,1-4H3. The summed E-state index contributed by atoms with van der Waals surface area (Å²) in [6.45, 7) is 6.63. The average molecular weight is 281 g/mol. The molecule has 0 spiro atoms. The van der Waals surface area contributed by atoms with E-state index in [1.807, 2.05) is 25.1 Å². The lowest BCUT2D eigenvalue weighted by Gasteiger charge is -2.28. The number of nitrogens with one attached hydrogen (secondary N) is 1. The van der Waals surface area contributed by atoms with E-state index < -0.39 is 5.54 Å². The van der Waals surface area contributed by atoms with Crippen molar-refractivity contribution in [2.45, 2.75) is 26.3 Å². The SMILES string of the molecule is CCNC(C)(COc1ccccc1OC)C(=O)OCC. The highest BCUT2D eigenvalue weighted by Gasteiger charge is 2.35. The van der Waals surface area contributed by atoms with Crippen LogP contribution in [0.1, 0.15) is 20.8 Å². The maximum absolute atomic E-state index is 12.0. The van der Waals surface area contributed by atoms with Gasteiger partial charge in [0.15, 0.2) is 11.5 Å². The van der Waals surface area contributed by atoms with Gasteiger partial charge in [0.1, 0.15) is 12.1 Å². The van der Waals surface area contributed by atoms with E-state index >= 15 is 0 Å². The molecule has 0 bridgehead atoms. The Morgan fingerprint density at radius 3 is 2.45 bits per heavy atom. The first-order valence-corrected chi connectivity index (χ1v) is 6.75. The van der Waals surface area contributed by atoms with Crippen LogP contribution in [0, 0.1) is 0 Å². The van der Waals surface area contributed by atoms with Crippen molar-refractivity contribution in [1.29, 1.82) is 0 Å². The fourth-order valence-electron chi connectivity index (χ4n) is 1.82. The van der Waals surface area contributed by atoms with Crippen LogP contribution in [-0.4, -0.2) is 38.4 Å². The minimum Gasteiger partial charge on any atom is -0.493 e. The van der Waals surface area contributed by atoms with E-state index in [1.54, 1.807) is 27.0 Å². The number of likely N-dealkylation sites (N-methyl/N-ethyl adjacent to an activating group) is 1. The van der Waals surface area contributed by atoms with Crippen LogP contribution < -0.4 is 14.8 Å². The Morgan fingerprint density at radius 1 is 1.25 bits per heavy atom. The Bertz CT molecular complexity index is 436. The van der Waals surface area contributed by atoms with Crippen LogP contribution in [0.15, 0.2) is 24.3 Å². The van der Waals surface area contributed by atoms with Crippen molar-refractivity contribution in [3.63, 3.8) is 0 Å². The third kappa shape index (κ3) is 4.13. The van der Waals surface area contributed by atoms with Crippen molar-refractivity contribution in [2.24, 2.45) is 0 Å². The zero-order valence-electron chi connectivity index (χ0n) is 12.6. The Balaban J connectivity index is 2.78. The lowest BCUT2D eigenvalue weighted by Crippen LogP contribution is -2.54. The summed E-state index contributed by atoms with van der Waals surface area (Å²) in [4.78, 5) is 12.0. The molecule has 0 aromatic heterocycles. The molecule has 0 saturated heterocycles. The van der Waals surface area contributed by atoms with Gasteiger partial charge in [-0.15, -0.1) is 0 Å². The van der Waals surface area contributed by atoms with E-state index in [0.717, 1.165) is 0 Å². The van der Waals surface area contributed by atoms with Crippen LogP contribution in [0.5, 0.6) is 11.5 Å². The number of methoxy groups -OCH3 is 1. The van der Waals surface area contributed by atoms with Gasteiger partial charge in [0.2, 0.25) is 0 Å². The van der Waals surface area contributed by atoms with E-state index in [2.05, 4.69) is 5.32 Å². The molecule has 1 aromatic rings. The Hall–Kier alpha value is -1.75. The molecular weight excluding hydrogens is 258 g/mol. The summed E-state index contributed by atoms with van der Waals surface area (Å²) >= 11 is 0. The van der Waals surface area contributed by atoms with Crippen molar-refractivity contribution in [3.05, 3.63) is 24.3 Å². The van der Waals surface area contributed by atoms with Crippen molar-refractivity contribution in [2.75, 3.05) is 26.9 Å². The normalized spacial score (nSPS) is 13.4. The number of para-hydroxylation sites is 2. The van der Waals surface area contributed by atoms with E-state index in [9.17, 15) is 4.79 Å². The second-order valence-electron chi connectivity index (χ2n) is 4.52. The van der Waals surface area contributed by atoms with Gasteiger partial charge in [0, 0.05) is 0 Å². The molecule has 5 heteroatoms. The van der Waals surface area contributed by atoms with Crippen LogP contribution in [0.2, 0.25) is 0 Å². The van der Waals surface area contributed by atoms with Crippen molar-refractivity contribution in [3.8, 4) is 11.5 Å². The van der Waals surface area contributed by atoms with Crippen molar-refractivity contribution >= 4 is 5.97 Å². The molecule has 1 aromatic carbocycles. The van der Waals surface area contributed by atoms with Gasteiger partial charge < -0.3 is 14.2 Å². The van der Waals surface area contributed by atoms with Crippen LogP contribution in [-0.2, 0) is 9.53 Å². The lowest BCUT2D eigenvalue weighted by molar-refractivity contribution is -0.151. The monoisotopic (exact) mass is 281 g/mol. The first kappa shape index (κ1) is 16.3. The Morgan fingerprint density at radius 2 is 1.90 bits per heavy atom. The molecule has 0 radical (unpaired) electrons. The molecule has 112 valence electrons. The van der Waals surface area contributed by atoms with E-state index in [4.69, 9.17) is 14.2 Å². The Labute approximate surface area is 120 Å². The van der Waals surface area contributed by atoms with E-state index in [-0.39, 0.29) is 12.6 Å². The minimum absolute atomic E-state index is 0.167. The van der Waals surface area contributed by atoms with Crippen LogP contribution in [0.3, 0.4) is 0 Å². The van der Waals surface area contributed by atoms with Gasteiger partial charge in [-0.2, -0.15) is 0 Å². The van der Waals surface area contributed by atoms with Crippen LogP contribution >= 0.6 is 0 Å². The molecule has 0 fully saturated rings. The highest BCUT2D eigenvalue weighted by molar-refractivity contribution is 5.80. The third-order valence-corrected chi connectivity index (χ3v) is 2.88. The molecular formula is C15H23NO4. The van der Waals surface area contributed by atoms with Crippen LogP contribution in [0.25, 0.3) is 0 Å². The number of hydrogen-bond donors (Lipinski definition) is 1. The quantitative estimate of drug-likeness (QED) is 0.739. The fourth-order valence-corrected chi connectivity index (χ4v) is 1.82. The zero-order chi connectivity index (χ0) is 15.0. The summed E-state index contributed by atoms with van der Waals surface area (Å²) in [6, 6.07) is 7.33. The number of carbonyl (C=O) groups is 1. The highest BCUT2D eigenvalue weighted by atomic mass is 16.5. The molecule has 20 heavy (non-hydrogen) atoms. The molecule has 0 aliphatic carbocycles.